The van der Waals surface area contributed by atoms with Crippen LogP contribution < -0.4 is 0 Å². The monoisotopic (exact) mass is 187 g/mol. The van der Waals surface area contributed by atoms with Crippen LogP contribution in [0.1, 0.15) is 26.2 Å². The molecule has 1 heterocycles. The summed E-state index contributed by atoms with van der Waals surface area (Å²) in [7, 11) is 2.18. The van der Waals surface area contributed by atoms with E-state index in [1.165, 1.54) is 37.6 Å². The van der Waals surface area contributed by atoms with Crippen LogP contribution in [0.5, 0.6) is 0 Å². The van der Waals surface area contributed by atoms with Crippen LogP contribution in [0.4, 0.5) is 0 Å². The van der Waals surface area contributed by atoms with E-state index in [4.69, 9.17) is 0 Å². The van der Waals surface area contributed by atoms with Crippen LogP contribution in [0.2, 0.25) is 0 Å². The lowest BCUT2D eigenvalue weighted by Crippen LogP contribution is -2.25. The maximum atomic E-state index is 10.6. The Kier molecular flexibility index (Phi) is 4.09. The molecule has 1 rings (SSSR count). The second-order valence-corrected chi connectivity index (χ2v) is 4.68. The third kappa shape index (κ3) is 3.15. The topological polar surface area (TPSA) is 20.3 Å². The fraction of sp³-hybridized carbons (Fsp3) is 0.889. The minimum Gasteiger partial charge on any atom is -0.303 e. The zero-order chi connectivity index (χ0) is 8.97. The van der Waals surface area contributed by atoms with Crippen LogP contribution in [-0.4, -0.2) is 35.4 Å². The van der Waals surface area contributed by atoms with Crippen LogP contribution in [0.3, 0.4) is 0 Å². The lowest BCUT2D eigenvalue weighted by atomic mass is 10.2. The van der Waals surface area contributed by atoms with Gasteiger partial charge in [-0.05, 0) is 32.9 Å². The Morgan fingerprint density at radius 3 is 2.92 bits per heavy atom. The highest BCUT2D eigenvalue weighted by atomic mass is 32.2. The molecule has 0 aromatic carbocycles. The van der Waals surface area contributed by atoms with E-state index in [1.807, 2.05) is 0 Å². The van der Waals surface area contributed by atoms with Gasteiger partial charge in [0.2, 0.25) is 0 Å². The van der Waals surface area contributed by atoms with Crippen molar-refractivity contribution in [1.82, 2.24) is 4.90 Å². The highest BCUT2D eigenvalue weighted by Gasteiger charge is 2.19. The molecule has 12 heavy (non-hydrogen) atoms. The maximum Gasteiger partial charge on any atom is 0.185 e. The van der Waals surface area contributed by atoms with Gasteiger partial charge in [-0.15, -0.1) is 0 Å². The van der Waals surface area contributed by atoms with Gasteiger partial charge in [0.15, 0.2) is 5.12 Å². The number of nitrogens with zero attached hydrogens (tertiary/aromatic N) is 1. The molecule has 0 aromatic heterocycles. The molecule has 0 N–H and O–H groups in total. The van der Waals surface area contributed by atoms with E-state index in [9.17, 15) is 4.79 Å². The molecule has 2 nitrogen and oxygen atoms in total. The van der Waals surface area contributed by atoms with E-state index in [0.717, 1.165) is 11.8 Å². The molecule has 1 aliphatic heterocycles. The quantitative estimate of drug-likeness (QED) is 0.671. The van der Waals surface area contributed by atoms with Crippen molar-refractivity contribution in [2.75, 3.05) is 19.3 Å². The Balaban J connectivity index is 2.10. The molecule has 0 radical (unpaired) electrons. The molecule has 0 aromatic rings. The van der Waals surface area contributed by atoms with Crippen LogP contribution in [0.25, 0.3) is 0 Å². The molecule has 0 amide bonds. The fourth-order valence-electron chi connectivity index (χ4n) is 1.68. The Morgan fingerprint density at radius 2 is 2.42 bits per heavy atom. The summed E-state index contributed by atoms with van der Waals surface area (Å²) in [4.78, 5) is 13.1. The lowest BCUT2D eigenvalue weighted by molar-refractivity contribution is -0.109. The van der Waals surface area contributed by atoms with E-state index in [0.29, 0.717) is 0 Å². The average Bonchev–Trinajstić information content (AvgIpc) is 2.36. The van der Waals surface area contributed by atoms with Gasteiger partial charge in [-0.3, -0.25) is 4.79 Å². The van der Waals surface area contributed by atoms with E-state index < -0.39 is 0 Å². The summed E-state index contributed by atoms with van der Waals surface area (Å²) in [6.07, 6.45) is 3.81. The number of hydrogen-bond donors (Lipinski definition) is 0. The van der Waals surface area contributed by atoms with Gasteiger partial charge in [0.25, 0.3) is 0 Å². The molecule has 0 aliphatic carbocycles. The van der Waals surface area contributed by atoms with Gasteiger partial charge in [0.05, 0.1) is 0 Å². The van der Waals surface area contributed by atoms with E-state index in [1.54, 1.807) is 6.92 Å². The van der Waals surface area contributed by atoms with Gasteiger partial charge in [0, 0.05) is 18.7 Å². The van der Waals surface area contributed by atoms with Crippen LogP contribution in [-0.2, 0) is 4.79 Å². The largest absolute Gasteiger partial charge is 0.303 e. The van der Waals surface area contributed by atoms with Crippen molar-refractivity contribution in [2.24, 2.45) is 0 Å². The number of likely N-dealkylation sites (tertiary alicyclic amines) is 1. The Morgan fingerprint density at radius 1 is 1.67 bits per heavy atom. The predicted molar refractivity (Wildman–Crippen MR) is 53.4 cm³/mol. The summed E-state index contributed by atoms with van der Waals surface area (Å²) in [6, 6.07) is 0.733. The van der Waals surface area contributed by atoms with Crippen LogP contribution in [0.15, 0.2) is 0 Å². The summed E-state index contributed by atoms with van der Waals surface area (Å²) in [5.41, 5.74) is 0. The first-order chi connectivity index (χ1) is 5.70. The van der Waals surface area contributed by atoms with Crippen molar-refractivity contribution < 1.29 is 4.79 Å². The van der Waals surface area contributed by atoms with Crippen molar-refractivity contribution in [1.29, 1.82) is 0 Å². The van der Waals surface area contributed by atoms with Gasteiger partial charge < -0.3 is 4.90 Å². The normalized spacial score (nSPS) is 24.7. The van der Waals surface area contributed by atoms with E-state index >= 15 is 0 Å². The molecule has 0 saturated carbocycles. The number of hydrogen-bond acceptors (Lipinski definition) is 3. The maximum absolute atomic E-state index is 10.6. The number of thioether (sulfide) groups is 1. The summed E-state index contributed by atoms with van der Waals surface area (Å²) in [6.45, 7) is 2.87. The molecule has 1 atom stereocenters. The second-order valence-electron chi connectivity index (χ2n) is 3.41. The minimum atomic E-state index is 0.246. The SMILES string of the molecule is CC(=O)SCCC1CCCN1C. The van der Waals surface area contributed by atoms with Gasteiger partial charge in [-0.25, -0.2) is 0 Å². The first-order valence-electron chi connectivity index (χ1n) is 4.54. The van der Waals surface area contributed by atoms with Crippen molar-refractivity contribution in [3.8, 4) is 0 Å². The minimum absolute atomic E-state index is 0.246. The summed E-state index contributed by atoms with van der Waals surface area (Å²) in [5, 5.41) is 0.246. The second kappa shape index (κ2) is 4.87. The molecule has 1 unspecified atom stereocenters. The molecule has 70 valence electrons. The van der Waals surface area contributed by atoms with Crippen molar-refractivity contribution in [2.45, 2.75) is 32.2 Å². The van der Waals surface area contributed by atoms with Gasteiger partial charge in [0.1, 0.15) is 0 Å². The first-order valence-corrected chi connectivity index (χ1v) is 5.52. The van der Waals surface area contributed by atoms with Crippen LogP contribution >= 0.6 is 11.8 Å². The smallest absolute Gasteiger partial charge is 0.185 e. The first kappa shape index (κ1) is 10.1. The molecule has 0 spiro atoms. The highest BCUT2D eigenvalue weighted by Crippen LogP contribution is 2.19. The highest BCUT2D eigenvalue weighted by molar-refractivity contribution is 8.13. The Hall–Kier alpha value is -0.0200. The predicted octanol–water partition coefficient (Wildman–Crippen LogP) is 1.75. The zero-order valence-corrected chi connectivity index (χ0v) is 8.69. The molecule has 3 heteroatoms. The molecular formula is C9H17NOS. The lowest BCUT2D eigenvalue weighted by Gasteiger charge is -2.18. The van der Waals surface area contributed by atoms with Crippen molar-refractivity contribution >= 4 is 16.9 Å². The summed E-state index contributed by atoms with van der Waals surface area (Å²) in [5.74, 6) is 0.990. The Labute approximate surface area is 78.7 Å². The number of carbonyl (C=O) groups excluding carboxylic acids is 1. The molecule has 1 fully saturated rings. The molecule has 1 saturated heterocycles. The van der Waals surface area contributed by atoms with Gasteiger partial charge in [-0.2, -0.15) is 0 Å². The third-order valence-electron chi connectivity index (χ3n) is 2.43. The summed E-state index contributed by atoms with van der Waals surface area (Å²) < 4.78 is 0. The van der Waals surface area contributed by atoms with E-state index in [2.05, 4.69) is 11.9 Å². The van der Waals surface area contributed by atoms with Crippen LogP contribution in [0, 0.1) is 0 Å². The molecule has 1 aliphatic rings. The zero-order valence-electron chi connectivity index (χ0n) is 7.88. The fourth-order valence-corrected chi connectivity index (χ4v) is 2.36. The number of carbonyl (C=O) groups is 1. The average molecular weight is 187 g/mol. The number of rotatable bonds is 3. The van der Waals surface area contributed by atoms with Crippen molar-refractivity contribution in [3.05, 3.63) is 0 Å². The molecule has 0 bridgehead atoms. The van der Waals surface area contributed by atoms with Crippen molar-refractivity contribution in [3.63, 3.8) is 0 Å². The third-order valence-corrected chi connectivity index (χ3v) is 3.27. The van der Waals surface area contributed by atoms with Gasteiger partial charge in [-0.1, -0.05) is 11.8 Å². The summed E-state index contributed by atoms with van der Waals surface area (Å²) >= 11 is 1.45. The Bertz CT molecular complexity index is 161. The molecular weight excluding hydrogens is 170 g/mol. The van der Waals surface area contributed by atoms with Gasteiger partial charge >= 0.3 is 0 Å². The standard InChI is InChI=1S/C9H17NOS/c1-8(11)12-7-5-9-4-3-6-10(9)2/h9H,3-7H2,1-2H3. The van der Waals surface area contributed by atoms with E-state index in [-0.39, 0.29) is 5.12 Å².